The minimum atomic E-state index is -0.113. The number of amides is 1. The summed E-state index contributed by atoms with van der Waals surface area (Å²) in [6, 6.07) is 24.5. The highest BCUT2D eigenvalue weighted by Gasteiger charge is 2.33. The lowest BCUT2D eigenvalue weighted by molar-refractivity contribution is -0.130. The number of nitrogens with zero attached hydrogens (tertiary/aromatic N) is 3. The first-order valence-electron chi connectivity index (χ1n) is 11.9. The van der Waals surface area contributed by atoms with Crippen molar-refractivity contribution < 1.29 is 9.53 Å². The lowest BCUT2D eigenvalue weighted by Gasteiger charge is -2.22. The highest BCUT2D eigenvalue weighted by molar-refractivity contribution is 8.00. The lowest BCUT2D eigenvalue weighted by Crippen LogP contribution is -2.28. The third-order valence-corrected chi connectivity index (χ3v) is 7.52. The van der Waals surface area contributed by atoms with Gasteiger partial charge in [-0.3, -0.25) is 4.79 Å². The van der Waals surface area contributed by atoms with Gasteiger partial charge < -0.3 is 9.30 Å². The molecule has 0 saturated heterocycles. The molecule has 5 nitrogen and oxygen atoms in total. The molecule has 178 valence electrons. The van der Waals surface area contributed by atoms with Crippen LogP contribution in [0.1, 0.15) is 36.1 Å². The third kappa shape index (κ3) is 4.71. The number of carbonyl (C=O) groups is 1. The summed E-state index contributed by atoms with van der Waals surface area (Å²) in [7, 11) is 1.66. The van der Waals surface area contributed by atoms with Crippen molar-refractivity contribution in [1.29, 1.82) is 0 Å². The molecule has 1 amide bonds. The van der Waals surface area contributed by atoms with Crippen LogP contribution in [-0.2, 0) is 11.3 Å². The van der Waals surface area contributed by atoms with Gasteiger partial charge in [-0.05, 0) is 55.3 Å². The average molecular weight is 484 g/mol. The molecule has 0 N–H and O–H groups in total. The van der Waals surface area contributed by atoms with Crippen LogP contribution in [0.25, 0.3) is 10.9 Å². The Morgan fingerprint density at radius 2 is 1.80 bits per heavy atom. The molecule has 0 spiro atoms. The maximum Gasteiger partial charge on any atom is 0.253 e. The molecule has 0 saturated carbocycles. The number of para-hydroxylation sites is 1. The molecule has 3 aromatic carbocycles. The second-order valence-electron chi connectivity index (χ2n) is 8.73. The summed E-state index contributed by atoms with van der Waals surface area (Å²) in [5, 5.41) is 7.71. The number of rotatable bonds is 7. The zero-order valence-corrected chi connectivity index (χ0v) is 21.1. The van der Waals surface area contributed by atoms with Crippen molar-refractivity contribution in [3.63, 3.8) is 0 Å². The molecule has 1 aromatic heterocycles. The van der Waals surface area contributed by atoms with Crippen LogP contribution in [0.4, 0.5) is 0 Å². The van der Waals surface area contributed by atoms with Crippen molar-refractivity contribution in [1.82, 2.24) is 9.58 Å². The molecule has 5 rings (SSSR count). The van der Waals surface area contributed by atoms with Crippen molar-refractivity contribution in [3.8, 4) is 5.75 Å². The normalized spacial score (nSPS) is 15.5. The summed E-state index contributed by atoms with van der Waals surface area (Å²) in [5.74, 6) is 1.15. The smallest absolute Gasteiger partial charge is 0.253 e. The number of hydrogen-bond acceptors (Lipinski definition) is 4. The summed E-state index contributed by atoms with van der Waals surface area (Å²) in [4.78, 5) is 14.7. The number of methoxy groups -OCH3 is 1. The van der Waals surface area contributed by atoms with E-state index in [0.29, 0.717) is 12.2 Å². The van der Waals surface area contributed by atoms with Crippen LogP contribution in [0.15, 0.2) is 89.0 Å². The predicted molar refractivity (Wildman–Crippen MR) is 143 cm³/mol. The van der Waals surface area contributed by atoms with E-state index in [1.165, 1.54) is 16.5 Å². The van der Waals surface area contributed by atoms with Crippen molar-refractivity contribution in [3.05, 3.63) is 95.7 Å². The largest absolute Gasteiger partial charge is 0.497 e. The van der Waals surface area contributed by atoms with Crippen molar-refractivity contribution in [2.45, 2.75) is 37.8 Å². The fraction of sp³-hybridized carbons (Fsp3) is 0.241. The van der Waals surface area contributed by atoms with Gasteiger partial charge in [0.15, 0.2) is 0 Å². The van der Waals surface area contributed by atoms with Crippen molar-refractivity contribution >= 4 is 34.3 Å². The SMILES string of the molecule is CCn1cc(SCC(=O)N2N=C(c3ccc(OC)cc3)C[C@@H]2c2ccc(C)cc2)c2ccccc21. The summed E-state index contributed by atoms with van der Waals surface area (Å²) in [5.41, 5.74) is 5.42. The van der Waals surface area contributed by atoms with Crippen LogP contribution in [0, 0.1) is 6.92 Å². The van der Waals surface area contributed by atoms with E-state index in [2.05, 4.69) is 67.1 Å². The van der Waals surface area contributed by atoms with Gasteiger partial charge in [-0.1, -0.05) is 48.0 Å². The van der Waals surface area contributed by atoms with E-state index in [9.17, 15) is 4.79 Å². The van der Waals surface area contributed by atoms with E-state index in [0.717, 1.165) is 34.0 Å². The molecule has 1 atom stereocenters. The number of hydrogen-bond donors (Lipinski definition) is 0. The van der Waals surface area contributed by atoms with Crippen LogP contribution in [0.5, 0.6) is 5.75 Å². The van der Waals surface area contributed by atoms with Crippen LogP contribution in [0.2, 0.25) is 0 Å². The molecule has 0 radical (unpaired) electrons. The molecule has 0 unspecified atom stereocenters. The molecule has 35 heavy (non-hydrogen) atoms. The quantitative estimate of drug-likeness (QED) is 0.284. The van der Waals surface area contributed by atoms with E-state index in [1.54, 1.807) is 23.9 Å². The molecule has 4 aromatic rings. The van der Waals surface area contributed by atoms with Crippen LogP contribution in [-0.4, -0.2) is 34.1 Å². The predicted octanol–water partition coefficient (Wildman–Crippen LogP) is 6.45. The molecule has 1 aliphatic heterocycles. The Hall–Kier alpha value is -3.51. The van der Waals surface area contributed by atoms with Gasteiger partial charge >= 0.3 is 0 Å². The first-order chi connectivity index (χ1) is 17.1. The second kappa shape index (κ2) is 10.0. The van der Waals surface area contributed by atoms with Gasteiger partial charge in [-0.25, -0.2) is 5.01 Å². The maximum absolute atomic E-state index is 13.5. The van der Waals surface area contributed by atoms with Crippen LogP contribution >= 0.6 is 11.8 Å². The highest BCUT2D eigenvalue weighted by atomic mass is 32.2. The van der Waals surface area contributed by atoms with E-state index in [1.807, 2.05) is 30.3 Å². The number of aryl methyl sites for hydroxylation is 2. The summed E-state index contributed by atoms with van der Waals surface area (Å²) in [6.07, 6.45) is 2.83. The van der Waals surface area contributed by atoms with Gasteiger partial charge in [0.1, 0.15) is 5.75 Å². The average Bonchev–Trinajstić information content (AvgIpc) is 3.50. The molecule has 0 aliphatic carbocycles. The Morgan fingerprint density at radius 3 is 2.51 bits per heavy atom. The monoisotopic (exact) mass is 483 g/mol. The minimum Gasteiger partial charge on any atom is -0.497 e. The minimum absolute atomic E-state index is 0.0115. The topological polar surface area (TPSA) is 46.8 Å². The molecule has 0 fully saturated rings. The Kier molecular flexibility index (Phi) is 6.64. The fourth-order valence-corrected chi connectivity index (χ4v) is 5.48. The van der Waals surface area contributed by atoms with Crippen LogP contribution < -0.4 is 4.74 Å². The Bertz CT molecular complexity index is 1370. The van der Waals surface area contributed by atoms with E-state index >= 15 is 0 Å². The number of fused-ring (bicyclic) bond motifs is 1. The van der Waals surface area contributed by atoms with E-state index in [4.69, 9.17) is 9.84 Å². The molecular formula is C29H29N3O2S. The van der Waals surface area contributed by atoms with Gasteiger partial charge in [0, 0.05) is 35.0 Å². The Morgan fingerprint density at radius 1 is 1.06 bits per heavy atom. The molecule has 1 aliphatic rings. The maximum atomic E-state index is 13.5. The summed E-state index contributed by atoms with van der Waals surface area (Å²) < 4.78 is 7.53. The standard InChI is InChI=1S/C29H29N3O2S/c1-4-31-18-28(24-7-5-6-8-26(24)31)35-19-29(33)32-27(22-11-9-20(2)10-12-22)17-25(30-32)21-13-15-23(34-3)16-14-21/h5-16,18,27H,4,17,19H2,1-3H3/t27-/m1/s1. The van der Waals surface area contributed by atoms with Crippen molar-refractivity contribution in [2.24, 2.45) is 5.10 Å². The van der Waals surface area contributed by atoms with Gasteiger partial charge in [-0.15, -0.1) is 11.8 Å². The molecular weight excluding hydrogens is 454 g/mol. The fourth-order valence-electron chi connectivity index (χ4n) is 4.54. The lowest BCUT2D eigenvalue weighted by atomic mass is 9.97. The first-order valence-corrected chi connectivity index (χ1v) is 12.9. The Labute approximate surface area is 210 Å². The second-order valence-corrected chi connectivity index (χ2v) is 9.75. The zero-order chi connectivity index (χ0) is 24.4. The Balaban J connectivity index is 1.41. The third-order valence-electron chi connectivity index (χ3n) is 6.50. The van der Waals surface area contributed by atoms with E-state index < -0.39 is 0 Å². The summed E-state index contributed by atoms with van der Waals surface area (Å²) >= 11 is 1.58. The number of hydrazone groups is 1. The number of carbonyl (C=O) groups excluding carboxylic acids is 1. The zero-order valence-electron chi connectivity index (χ0n) is 20.3. The molecule has 0 bridgehead atoms. The van der Waals surface area contributed by atoms with Gasteiger partial charge in [0.2, 0.25) is 0 Å². The first kappa shape index (κ1) is 23.2. The number of ether oxygens (including phenoxy) is 1. The number of aromatic nitrogens is 1. The van der Waals surface area contributed by atoms with E-state index in [-0.39, 0.29) is 11.9 Å². The van der Waals surface area contributed by atoms with Gasteiger partial charge in [0.05, 0.1) is 24.6 Å². The van der Waals surface area contributed by atoms with Gasteiger partial charge in [0.25, 0.3) is 5.91 Å². The van der Waals surface area contributed by atoms with Gasteiger partial charge in [-0.2, -0.15) is 5.10 Å². The highest BCUT2D eigenvalue weighted by Crippen LogP contribution is 2.35. The molecule has 2 heterocycles. The number of benzene rings is 3. The van der Waals surface area contributed by atoms with Crippen LogP contribution in [0.3, 0.4) is 0 Å². The molecule has 6 heteroatoms. The summed E-state index contributed by atoms with van der Waals surface area (Å²) in [6.45, 7) is 5.11. The van der Waals surface area contributed by atoms with Crippen molar-refractivity contribution in [2.75, 3.05) is 12.9 Å². The number of thioether (sulfide) groups is 1.